The number of carbonyl (C=O) groups is 1. The molecule has 17 nitrogen and oxygen atoms in total. The number of amides is 1. The van der Waals surface area contributed by atoms with Crippen LogP contribution in [0.15, 0.2) is 101 Å². The summed E-state index contributed by atoms with van der Waals surface area (Å²) in [5.41, 5.74) is 0.708. The van der Waals surface area contributed by atoms with Crippen molar-refractivity contribution in [3.05, 3.63) is 139 Å². The number of hydrazine groups is 1. The van der Waals surface area contributed by atoms with Gasteiger partial charge in [-0.25, -0.2) is 0 Å². The standard InChI is InChI=1S/C39H47N6O11P/c1-43(2)42-57(52,45(50)51,23-20-26-12-4-3-5-13-26)56-35-32(55-36(44-21-19-34(46)41-37(44)47)39(35,49)33-18-10-11-22-53-33)24-40-38(48)54-25-31-29-16-8-6-14-27(29)28-15-7-9-17-30(28)31/h3-9,12-17,19,21,31-33,35-36,42,49,52H,10-11,18,20,22-25H2,1-2H3,(H,40,48)(H,41,46,47)/t32-,33?,35-,36-,39-/m1/s1. The van der Waals surface area contributed by atoms with E-state index in [9.17, 15) is 34.5 Å². The predicted molar refractivity (Wildman–Crippen MR) is 210 cm³/mol. The number of benzene rings is 3. The molecule has 5 N–H and O–H groups in total. The van der Waals surface area contributed by atoms with Gasteiger partial charge in [-0.1, -0.05) is 12.1 Å². The zero-order valence-corrected chi connectivity index (χ0v) is 32.5. The number of aromatic amines is 1. The monoisotopic (exact) mass is 806 g/mol. The summed E-state index contributed by atoms with van der Waals surface area (Å²) in [6.45, 7) is -0.255. The maximum atomic E-state index is 13.5. The van der Waals surface area contributed by atoms with Gasteiger partial charge in [0, 0.05) is 0 Å². The van der Waals surface area contributed by atoms with Crippen LogP contribution >= 0.6 is 7.36 Å². The number of aliphatic hydroxyl groups is 1. The average molecular weight is 807 g/mol. The molecule has 2 saturated heterocycles. The van der Waals surface area contributed by atoms with E-state index >= 15 is 0 Å². The number of hydrogen-bond donors (Lipinski definition) is 5. The Labute approximate surface area is 327 Å². The number of rotatable bonds is 14. The summed E-state index contributed by atoms with van der Waals surface area (Å²) in [4.78, 5) is 67.0. The average Bonchev–Trinajstić information content (AvgIpc) is 3.67. The van der Waals surface area contributed by atoms with E-state index < -0.39 is 72.2 Å². The topological polar surface area (TPSA) is 220 Å². The van der Waals surface area contributed by atoms with Gasteiger partial charge in [0.25, 0.3) is 0 Å². The third-order valence-electron chi connectivity index (χ3n) is 10.8. The third-order valence-corrected chi connectivity index (χ3v) is 14.0. The zero-order chi connectivity index (χ0) is 40.4. The Bertz CT molecular complexity index is 2170. The first-order valence-corrected chi connectivity index (χ1v) is 21.0. The van der Waals surface area contributed by atoms with Crippen LogP contribution in [0.25, 0.3) is 11.1 Å². The zero-order valence-electron chi connectivity index (χ0n) is 31.6. The number of aryl methyl sites for hydroxylation is 1. The van der Waals surface area contributed by atoms with Crippen LogP contribution in [0.1, 0.15) is 48.1 Å². The summed E-state index contributed by atoms with van der Waals surface area (Å²) in [7, 11) is -2.99. The summed E-state index contributed by atoms with van der Waals surface area (Å²) in [6, 6.07) is 25.6. The molecule has 3 heterocycles. The molecule has 3 aromatic carbocycles. The van der Waals surface area contributed by atoms with Gasteiger partial charge in [-0.05, 0) is 0 Å². The molecule has 0 radical (unpaired) electrons. The second kappa shape index (κ2) is 16.2. The minimum atomic E-state index is -5.90. The number of nitro groups is 1. The van der Waals surface area contributed by atoms with Crippen LogP contribution in [0.4, 0.5) is 4.79 Å². The number of ether oxygens (including phenoxy) is 3. The fourth-order valence-electron chi connectivity index (χ4n) is 8.17. The van der Waals surface area contributed by atoms with Crippen molar-refractivity contribution in [3.8, 4) is 11.1 Å². The quantitative estimate of drug-likeness (QED) is 0.0702. The van der Waals surface area contributed by atoms with Crippen LogP contribution in [-0.2, 0) is 25.2 Å². The Hall–Kier alpha value is -4.84. The molecule has 1 amide bonds. The predicted octanol–water partition coefficient (Wildman–Crippen LogP) is 3.45. The van der Waals surface area contributed by atoms with Gasteiger partial charge in [-0.3, -0.25) is 0 Å². The number of aromatic nitrogens is 2. The van der Waals surface area contributed by atoms with E-state index in [0.29, 0.717) is 18.4 Å². The van der Waals surface area contributed by atoms with Crippen LogP contribution < -0.4 is 21.8 Å². The number of hydrogen-bond acceptors (Lipinski definition) is 13. The van der Waals surface area contributed by atoms with Crippen molar-refractivity contribution in [2.24, 2.45) is 0 Å². The summed E-state index contributed by atoms with van der Waals surface area (Å²) in [5.74, 6) is -0.241. The van der Waals surface area contributed by atoms with Crippen molar-refractivity contribution in [1.82, 2.24) is 25.1 Å². The normalized spacial score (nSPS) is 24.0. The Morgan fingerprint density at radius 2 is 1.70 bits per heavy atom. The molecule has 18 heteroatoms. The Kier molecular flexibility index (Phi) is 11.5. The number of nitrogens with one attached hydrogen (secondary N) is 3. The van der Waals surface area contributed by atoms with Gasteiger partial charge < -0.3 is 0 Å². The van der Waals surface area contributed by atoms with E-state index in [1.807, 2.05) is 48.5 Å². The summed E-state index contributed by atoms with van der Waals surface area (Å²) >= 11 is 0. The molecule has 1 aromatic heterocycles. The molecule has 2 fully saturated rings. The fraction of sp³-hybridized carbons (Fsp3) is 0.410. The molecule has 0 saturated carbocycles. The Balaban J connectivity index is 1.23. The summed E-state index contributed by atoms with van der Waals surface area (Å²) < 4.78 is 24.7. The number of nitrogens with zero attached hydrogens (tertiary/aromatic N) is 3. The number of H-pyrrole nitrogens is 1. The molecule has 57 heavy (non-hydrogen) atoms. The van der Waals surface area contributed by atoms with Gasteiger partial charge in [0.2, 0.25) is 0 Å². The van der Waals surface area contributed by atoms with Crippen molar-refractivity contribution in [2.75, 3.05) is 40.0 Å². The van der Waals surface area contributed by atoms with E-state index in [4.69, 9.17) is 18.7 Å². The van der Waals surface area contributed by atoms with Crippen LogP contribution in [-0.4, -0.2) is 99.3 Å². The molecule has 7 rings (SSSR count). The van der Waals surface area contributed by atoms with Crippen molar-refractivity contribution in [2.45, 2.75) is 61.7 Å². The van der Waals surface area contributed by atoms with Crippen LogP contribution in [0.5, 0.6) is 0 Å². The fourth-order valence-corrected chi connectivity index (χ4v) is 11.0. The maximum absolute atomic E-state index is 13.5. The van der Waals surface area contributed by atoms with E-state index in [2.05, 4.69) is 15.5 Å². The molecule has 5 atom stereocenters. The van der Waals surface area contributed by atoms with Crippen molar-refractivity contribution >= 4 is 13.5 Å². The van der Waals surface area contributed by atoms with Crippen molar-refractivity contribution < 1.29 is 38.2 Å². The Morgan fingerprint density at radius 3 is 2.32 bits per heavy atom. The van der Waals surface area contributed by atoms with Gasteiger partial charge in [0.1, 0.15) is 0 Å². The molecule has 2 aliphatic heterocycles. The molecular weight excluding hydrogens is 759 g/mol. The molecule has 0 bridgehead atoms. The summed E-state index contributed by atoms with van der Waals surface area (Å²) in [6.07, 6.45) is -4.87. The molecular formula is C39H47N6O11P. The summed E-state index contributed by atoms with van der Waals surface area (Å²) in [5, 5.41) is 32.8. The van der Waals surface area contributed by atoms with Crippen LogP contribution in [0.2, 0.25) is 0 Å². The van der Waals surface area contributed by atoms with Gasteiger partial charge in [0.15, 0.2) is 0 Å². The molecule has 1 aliphatic carbocycles. The van der Waals surface area contributed by atoms with Crippen molar-refractivity contribution in [3.63, 3.8) is 0 Å². The van der Waals surface area contributed by atoms with E-state index in [-0.39, 0.29) is 32.0 Å². The first-order chi connectivity index (χ1) is 27.3. The molecule has 0 spiro atoms. The number of carbonyl (C=O) groups excluding carboxylic acids is 1. The van der Waals surface area contributed by atoms with Gasteiger partial charge in [-0.2, -0.15) is 0 Å². The molecule has 1 unspecified atom stereocenters. The Morgan fingerprint density at radius 1 is 1.04 bits per heavy atom. The minimum absolute atomic E-state index is 0.00556. The third kappa shape index (κ3) is 7.89. The van der Waals surface area contributed by atoms with Gasteiger partial charge in [0.05, 0.1) is 0 Å². The van der Waals surface area contributed by atoms with E-state index in [1.54, 1.807) is 30.3 Å². The van der Waals surface area contributed by atoms with E-state index in [0.717, 1.165) is 39.1 Å². The van der Waals surface area contributed by atoms with E-state index in [1.165, 1.54) is 19.1 Å². The van der Waals surface area contributed by atoms with Crippen LogP contribution in [0.3, 0.4) is 0 Å². The second-order valence-corrected chi connectivity index (χ2v) is 18.2. The first-order valence-electron chi connectivity index (χ1n) is 18.8. The molecule has 3 aliphatic rings. The second-order valence-electron chi connectivity index (χ2n) is 14.8. The molecule has 304 valence electrons. The number of fused-ring (bicyclic) bond motifs is 3. The van der Waals surface area contributed by atoms with Gasteiger partial charge >= 0.3 is 316 Å². The van der Waals surface area contributed by atoms with Crippen molar-refractivity contribution in [1.29, 1.82) is 0 Å². The molecule has 4 aromatic rings. The number of alkyl carbamates (subject to hydrolysis) is 1. The van der Waals surface area contributed by atoms with Crippen LogP contribution in [0, 0.1) is 10.1 Å². The van der Waals surface area contributed by atoms with Gasteiger partial charge in [-0.15, -0.1) is 0 Å². The first kappa shape index (κ1) is 40.4. The SMILES string of the molecule is CN(C)NP(O)(CCc1ccccc1)(O[C@@H]1[C@@H](CNC(=O)OCC2c3ccccc3-c3ccccc32)O[C@@H](n2ccc(=O)[nH]c2=O)[C@@]1(O)C1CCCCO1)[N+](=O)[O-].